The third-order valence-electron chi connectivity index (χ3n) is 3.82. The Balaban J connectivity index is 2.02. The van der Waals surface area contributed by atoms with Crippen LogP contribution in [0.5, 0.6) is 0 Å². The Morgan fingerprint density at radius 3 is 2.54 bits per heavy atom. The molecule has 0 atom stereocenters. The number of ether oxygens (including phenoxy) is 1. The molecule has 0 aliphatic rings. The number of esters is 1. The van der Waals surface area contributed by atoms with E-state index < -0.39 is 0 Å². The first-order chi connectivity index (χ1) is 11.6. The summed E-state index contributed by atoms with van der Waals surface area (Å²) in [5.41, 5.74) is 3.41. The summed E-state index contributed by atoms with van der Waals surface area (Å²) in [6.45, 7) is 4.07. The zero-order chi connectivity index (χ0) is 17.1. The van der Waals surface area contributed by atoms with Crippen LogP contribution < -0.4 is 0 Å². The fourth-order valence-electron chi connectivity index (χ4n) is 2.65. The molecule has 0 aliphatic carbocycles. The molecule has 0 saturated heterocycles. The summed E-state index contributed by atoms with van der Waals surface area (Å²) in [5, 5.41) is 0.798. The lowest BCUT2D eigenvalue weighted by Crippen LogP contribution is -2.09. The van der Waals surface area contributed by atoms with E-state index in [9.17, 15) is 9.59 Å². The van der Waals surface area contributed by atoms with Crippen molar-refractivity contribution in [2.24, 2.45) is 0 Å². The predicted molar refractivity (Wildman–Crippen MR) is 91.2 cm³/mol. The quantitative estimate of drug-likeness (QED) is 0.525. The number of hydrogen-bond acceptors (Lipinski definition) is 4. The van der Waals surface area contributed by atoms with E-state index in [-0.39, 0.29) is 18.2 Å². The molecule has 1 heterocycles. The van der Waals surface area contributed by atoms with E-state index >= 15 is 0 Å². The molecule has 1 aromatic heterocycles. The molecule has 0 aliphatic heterocycles. The first-order valence-electron chi connectivity index (χ1n) is 7.85. The highest BCUT2D eigenvalue weighted by atomic mass is 16.5. The maximum absolute atomic E-state index is 12.9. The average Bonchev–Trinajstić information content (AvgIpc) is 3.02. The van der Waals surface area contributed by atoms with Crippen LogP contribution in [0.15, 0.2) is 53.1 Å². The van der Waals surface area contributed by atoms with Crippen LogP contribution in [0.25, 0.3) is 11.0 Å². The maximum atomic E-state index is 12.9. The third kappa shape index (κ3) is 3.23. The van der Waals surface area contributed by atoms with Gasteiger partial charge in [0.2, 0.25) is 0 Å². The summed E-state index contributed by atoms with van der Waals surface area (Å²) < 4.78 is 10.5. The van der Waals surface area contributed by atoms with E-state index in [1.54, 1.807) is 37.5 Å². The van der Waals surface area contributed by atoms with Crippen molar-refractivity contribution in [3.8, 4) is 0 Å². The molecule has 4 nitrogen and oxygen atoms in total. The maximum Gasteiger partial charge on any atom is 0.310 e. The molecule has 2 aromatic carbocycles. The summed E-state index contributed by atoms with van der Waals surface area (Å²) in [7, 11) is 0. The van der Waals surface area contributed by atoms with Crippen LogP contribution in [0.1, 0.15) is 34.0 Å². The second kappa shape index (κ2) is 6.71. The van der Waals surface area contributed by atoms with Gasteiger partial charge in [-0.1, -0.05) is 29.8 Å². The Hall–Kier alpha value is -2.88. The molecule has 0 radical (unpaired) electrons. The summed E-state index contributed by atoms with van der Waals surface area (Å²) in [5.74, 6) is -0.435. The van der Waals surface area contributed by atoms with Gasteiger partial charge in [0.05, 0.1) is 24.9 Å². The van der Waals surface area contributed by atoms with Gasteiger partial charge in [-0.3, -0.25) is 9.59 Å². The van der Waals surface area contributed by atoms with E-state index in [4.69, 9.17) is 9.15 Å². The predicted octanol–water partition coefficient (Wildman–Crippen LogP) is 4.08. The monoisotopic (exact) mass is 322 g/mol. The number of benzene rings is 2. The van der Waals surface area contributed by atoms with Gasteiger partial charge in [-0.25, -0.2) is 0 Å². The Morgan fingerprint density at radius 1 is 1.08 bits per heavy atom. The van der Waals surface area contributed by atoms with E-state index in [0.29, 0.717) is 23.3 Å². The smallest absolute Gasteiger partial charge is 0.310 e. The Kier molecular flexibility index (Phi) is 4.47. The highest BCUT2D eigenvalue weighted by Crippen LogP contribution is 2.25. The van der Waals surface area contributed by atoms with Gasteiger partial charge in [0.15, 0.2) is 5.78 Å². The van der Waals surface area contributed by atoms with Crippen molar-refractivity contribution in [2.45, 2.75) is 20.3 Å². The molecular formula is C20H18O4. The van der Waals surface area contributed by atoms with Gasteiger partial charge in [-0.15, -0.1) is 0 Å². The van der Waals surface area contributed by atoms with Crippen LogP contribution in [0.3, 0.4) is 0 Å². The molecule has 0 bridgehead atoms. The average molecular weight is 322 g/mol. The minimum Gasteiger partial charge on any atom is -0.466 e. The number of carbonyl (C=O) groups excluding carboxylic acids is 2. The molecule has 0 saturated carbocycles. The van der Waals surface area contributed by atoms with E-state index in [0.717, 1.165) is 16.5 Å². The zero-order valence-electron chi connectivity index (χ0n) is 13.7. The summed E-state index contributed by atoms with van der Waals surface area (Å²) in [6, 6.07) is 12.7. The van der Waals surface area contributed by atoms with E-state index in [1.807, 2.05) is 25.1 Å². The lowest BCUT2D eigenvalue weighted by molar-refractivity contribution is -0.142. The molecule has 0 fully saturated rings. The van der Waals surface area contributed by atoms with Crippen molar-refractivity contribution in [3.05, 3.63) is 71.0 Å². The molecule has 122 valence electrons. The molecule has 3 rings (SSSR count). The second-order valence-corrected chi connectivity index (χ2v) is 5.66. The number of carbonyl (C=O) groups is 2. The molecule has 0 amide bonds. The van der Waals surface area contributed by atoms with Gasteiger partial charge >= 0.3 is 5.97 Å². The van der Waals surface area contributed by atoms with Gasteiger partial charge in [-0.05, 0) is 37.6 Å². The number of furan rings is 1. The second-order valence-electron chi connectivity index (χ2n) is 5.66. The van der Waals surface area contributed by atoms with Crippen molar-refractivity contribution in [1.82, 2.24) is 0 Å². The van der Waals surface area contributed by atoms with Crippen molar-refractivity contribution >= 4 is 22.7 Å². The number of aryl methyl sites for hydroxylation is 1. The van der Waals surface area contributed by atoms with Crippen LogP contribution >= 0.6 is 0 Å². The van der Waals surface area contributed by atoms with Crippen molar-refractivity contribution in [3.63, 3.8) is 0 Å². The SMILES string of the molecule is CCOC(=O)Cc1cc(C(=O)c2ccc(C)cc2)c2occc2c1. The Bertz CT molecular complexity index is 888. The summed E-state index contributed by atoms with van der Waals surface area (Å²) in [6.07, 6.45) is 1.67. The first kappa shape index (κ1) is 16.0. The van der Waals surface area contributed by atoms with Crippen LogP contribution in [-0.4, -0.2) is 18.4 Å². The fourth-order valence-corrected chi connectivity index (χ4v) is 2.65. The number of rotatable bonds is 5. The van der Waals surface area contributed by atoms with Crippen molar-refractivity contribution < 1.29 is 18.7 Å². The minimum atomic E-state index is -0.311. The number of ketones is 1. The Labute approximate surface area is 140 Å². The van der Waals surface area contributed by atoms with Gasteiger partial charge in [0, 0.05) is 10.9 Å². The summed E-state index contributed by atoms with van der Waals surface area (Å²) in [4.78, 5) is 24.6. The topological polar surface area (TPSA) is 56.5 Å². The van der Waals surface area contributed by atoms with Crippen molar-refractivity contribution in [2.75, 3.05) is 6.61 Å². The van der Waals surface area contributed by atoms with Gasteiger partial charge < -0.3 is 9.15 Å². The first-order valence-corrected chi connectivity index (χ1v) is 7.85. The van der Waals surface area contributed by atoms with Gasteiger partial charge in [0.25, 0.3) is 0 Å². The van der Waals surface area contributed by atoms with Crippen LogP contribution in [0, 0.1) is 6.92 Å². The molecular weight excluding hydrogens is 304 g/mol. The van der Waals surface area contributed by atoms with E-state index in [1.165, 1.54) is 0 Å². The van der Waals surface area contributed by atoms with Gasteiger partial charge in [-0.2, -0.15) is 0 Å². The number of hydrogen-bond donors (Lipinski definition) is 0. The van der Waals surface area contributed by atoms with Crippen LogP contribution in [-0.2, 0) is 16.0 Å². The molecule has 0 N–H and O–H groups in total. The highest BCUT2D eigenvalue weighted by molar-refractivity contribution is 6.15. The molecule has 3 aromatic rings. The highest BCUT2D eigenvalue weighted by Gasteiger charge is 2.17. The third-order valence-corrected chi connectivity index (χ3v) is 3.82. The fraction of sp³-hybridized carbons (Fsp3) is 0.200. The van der Waals surface area contributed by atoms with Gasteiger partial charge in [0.1, 0.15) is 5.58 Å². The van der Waals surface area contributed by atoms with Crippen molar-refractivity contribution in [1.29, 1.82) is 0 Å². The largest absolute Gasteiger partial charge is 0.466 e. The lowest BCUT2D eigenvalue weighted by atomic mass is 9.97. The lowest BCUT2D eigenvalue weighted by Gasteiger charge is -2.07. The minimum absolute atomic E-state index is 0.124. The van der Waals surface area contributed by atoms with Crippen LogP contribution in [0.2, 0.25) is 0 Å². The number of fused-ring (bicyclic) bond motifs is 1. The molecule has 24 heavy (non-hydrogen) atoms. The van der Waals surface area contributed by atoms with Crippen LogP contribution in [0.4, 0.5) is 0 Å². The standard InChI is InChI=1S/C20H18O4/c1-3-23-18(21)12-14-10-16-8-9-24-20(16)17(11-14)19(22)15-6-4-13(2)5-7-15/h4-11H,3,12H2,1-2H3. The Morgan fingerprint density at radius 2 is 1.83 bits per heavy atom. The molecule has 0 spiro atoms. The normalized spacial score (nSPS) is 10.8. The molecule has 0 unspecified atom stereocenters. The van der Waals surface area contributed by atoms with E-state index in [2.05, 4.69) is 0 Å². The summed E-state index contributed by atoms with van der Waals surface area (Å²) >= 11 is 0. The zero-order valence-corrected chi connectivity index (χ0v) is 13.7. The molecule has 4 heteroatoms.